The minimum atomic E-state index is -5.39. The standard InChI is InChI=1S/3Ni.4H3O4P.3Zn/c;;;4*1-5(2,3)4;;;/h;;;4*(H3,1,2,3,4);;;/q3*+2;;;;;3*+2/p-12. The summed E-state index contributed by atoms with van der Waals surface area (Å²) in [6, 6.07) is 0. The molecule has 0 N–H and O–H groups in total. The summed E-state index contributed by atoms with van der Waals surface area (Å²) in [6.45, 7) is 0. The molecular formula is Ni3O16P4Zn3. The van der Waals surface area contributed by atoms with Crippen LogP contribution in [0.5, 0.6) is 0 Å². The maximum atomic E-state index is 8.55. The van der Waals surface area contributed by atoms with Gasteiger partial charge in [0.15, 0.2) is 0 Å². The zero-order valence-corrected chi connectivity index (χ0v) is 26.8. The van der Waals surface area contributed by atoms with Crippen LogP contribution in [0.1, 0.15) is 0 Å². The molecular weight excluding hydrogens is 752 g/mol. The average molecular weight is 752 g/mol. The molecule has 0 heterocycles. The quantitative estimate of drug-likeness (QED) is 0.164. The van der Waals surface area contributed by atoms with E-state index in [2.05, 4.69) is 0 Å². The minimum absolute atomic E-state index is 0. The summed E-state index contributed by atoms with van der Waals surface area (Å²) in [5.41, 5.74) is 0. The monoisotopic (exact) mass is 745 g/mol. The van der Waals surface area contributed by atoms with E-state index in [1.807, 2.05) is 0 Å². The van der Waals surface area contributed by atoms with E-state index in [9.17, 15) is 0 Å². The van der Waals surface area contributed by atoms with E-state index in [1.165, 1.54) is 0 Å². The Balaban J connectivity index is -0.0000000152. The van der Waals surface area contributed by atoms with Crippen molar-refractivity contribution in [2.24, 2.45) is 0 Å². The summed E-state index contributed by atoms with van der Waals surface area (Å²) in [5.74, 6) is 0. The van der Waals surface area contributed by atoms with E-state index in [-0.39, 0.29) is 108 Å². The Bertz CT molecular complexity index is 305. The molecule has 26 heavy (non-hydrogen) atoms. The third kappa shape index (κ3) is 1390. The number of hydrogen-bond acceptors (Lipinski definition) is 16. The van der Waals surface area contributed by atoms with Gasteiger partial charge >= 0.3 is 108 Å². The zero-order valence-electron chi connectivity index (χ0n) is 11.4. The van der Waals surface area contributed by atoms with Gasteiger partial charge in [-0.25, -0.2) is 0 Å². The molecule has 0 aliphatic rings. The minimum Gasteiger partial charge on any atom is -0.822 e. The molecule has 152 valence electrons. The molecule has 0 radical (unpaired) electrons. The van der Waals surface area contributed by atoms with Gasteiger partial charge in [0.25, 0.3) is 0 Å². The molecule has 0 saturated heterocycles. The van der Waals surface area contributed by atoms with E-state index in [0.717, 1.165) is 0 Å². The molecule has 16 nitrogen and oxygen atoms in total. The summed E-state index contributed by atoms with van der Waals surface area (Å²) in [5, 5.41) is 0. The van der Waals surface area contributed by atoms with Crippen molar-refractivity contribution in [3.8, 4) is 0 Å². The molecule has 0 unspecified atom stereocenters. The van der Waals surface area contributed by atoms with Gasteiger partial charge in [0.2, 0.25) is 0 Å². The van der Waals surface area contributed by atoms with Crippen molar-refractivity contribution in [1.82, 2.24) is 0 Å². The topological polar surface area (TPSA) is 345 Å². The zero-order chi connectivity index (χ0) is 18.0. The number of phosphoric acid groups is 4. The summed E-state index contributed by atoms with van der Waals surface area (Å²) >= 11 is 0. The first-order valence-electron chi connectivity index (χ1n) is 2.92. The molecule has 0 rings (SSSR count). The van der Waals surface area contributed by atoms with Gasteiger partial charge in [-0.05, 0) is 0 Å². The fraction of sp³-hybridized carbons (Fsp3) is 0. The van der Waals surface area contributed by atoms with Gasteiger partial charge in [0.1, 0.15) is 0 Å². The Hall–Kier alpha value is 3.79. The van der Waals surface area contributed by atoms with E-state index in [1.54, 1.807) is 0 Å². The van der Waals surface area contributed by atoms with Crippen molar-refractivity contribution >= 4 is 31.3 Å². The Morgan fingerprint density at radius 1 is 0.308 bits per heavy atom. The van der Waals surface area contributed by atoms with Crippen LogP contribution in [0.3, 0.4) is 0 Å². The number of rotatable bonds is 0. The van der Waals surface area contributed by atoms with Crippen LogP contribution in [0.2, 0.25) is 0 Å². The van der Waals surface area contributed by atoms with Crippen molar-refractivity contribution in [3.05, 3.63) is 0 Å². The van der Waals surface area contributed by atoms with Gasteiger partial charge in [0, 0.05) is 0 Å². The molecule has 0 aromatic rings. The second-order valence-electron chi connectivity index (χ2n) is 1.79. The van der Waals surface area contributed by atoms with Crippen molar-refractivity contribution in [2.75, 3.05) is 0 Å². The van der Waals surface area contributed by atoms with Gasteiger partial charge < -0.3 is 77.0 Å². The molecule has 0 aliphatic heterocycles. The van der Waals surface area contributed by atoms with E-state index >= 15 is 0 Å². The Morgan fingerprint density at radius 3 is 0.308 bits per heavy atom. The van der Waals surface area contributed by atoms with Gasteiger partial charge in [-0.3, -0.25) is 0 Å². The first-order chi connectivity index (χ1) is 8.00. The molecule has 0 aromatic heterocycles. The predicted molar refractivity (Wildman–Crippen MR) is 30.4 cm³/mol. The van der Waals surface area contributed by atoms with Crippen molar-refractivity contribution in [1.29, 1.82) is 0 Å². The van der Waals surface area contributed by atoms with Crippen molar-refractivity contribution in [2.45, 2.75) is 0 Å². The summed E-state index contributed by atoms with van der Waals surface area (Å²) in [7, 11) is -21.6. The maximum Gasteiger partial charge on any atom is 2.00 e. The van der Waals surface area contributed by atoms with Crippen LogP contribution in [0, 0.1) is 0 Å². The number of hydrogen-bond donors (Lipinski definition) is 0. The average Bonchev–Trinajstić information content (AvgIpc) is 1.62. The van der Waals surface area contributed by atoms with Crippen LogP contribution in [-0.2, 0) is 126 Å². The molecule has 0 aliphatic carbocycles. The third-order valence-electron chi connectivity index (χ3n) is 0. The molecule has 0 bridgehead atoms. The molecule has 0 saturated carbocycles. The van der Waals surface area contributed by atoms with E-state index in [0.29, 0.717) is 0 Å². The van der Waals surface area contributed by atoms with Crippen LogP contribution >= 0.6 is 31.3 Å². The van der Waals surface area contributed by atoms with Crippen LogP contribution in [0.4, 0.5) is 0 Å². The SMILES string of the molecule is O=P([O-])([O-])[O-].O=P([O-])([O-])[O-].O=P([O-])([O-])[O-].O=P([O-])([O-])[O-].[Ni+2].[Ni+2].[Ni+2].[Zn+2].[Zn+2].[Zn+2]. The largest absolute Gasteiger partial charge is 2.00 e. The van der Waals surface area contributed by atoms with E-state index in [4.69, 9.17) is 77.0 Å². The van der Waals surface area contributed by atoms with Gasteiger partial charge in [0.05, 0.1) is 0 Å². The van der Waals surface area contributed by atoms with Crippen LogP contribution in [0.15, 0.2) is 0 Å². The molecule has 0 spiro atoms. The van der Waals surface area contributed by atoms with Crippen LogP contribution in [-0.4, -0.2) is 0 Å². The van der Waals surface area contributed by atoms with Crippen LogP contribution in [0.25, 0.3) is 0 Å². The van der Waals surface area contributed by atoms with Crippen molar-refractivity contribution < 1.29 is 185 Å². The first kappa shape index (κ1) is 63.0. The van der Waals surface area contributed by atoms with Gasteiger partial charge in [-0.1, -0.05) is 0 Å². The summed E-state index contributed by atoms with van der Waals surface area (Å²) < 4.78 is 34.2. The van der Waals surface area contributed by atoms with E-state index < -0.39 is 31.3 Å². The summed E-state index contributed by atoms with van der Waals surface area (Å²) in [6.07, 6.45) is 0. The van der Waals surface area contributed by atoms with Crippen molar-refractivity contribution in [3.63, 3.8) is 0 Å². The molecule has 0 amide bonds. The molecule has 0 aromatic carbocycles. The second kappa shape index (κ2) is 28.8. The Kier molecular flexibility index (Phi) is 69.8. The van der Waals surface area contributed by atoms with Gasteiger partial charge in [-0.15, -0.1) is 0 Å². The van der Waals surface area contributed by atoms with Gasteiger partial charge in [-0.2, -0.15) is 31.3 Å². The normalized spacial score (nSPS) is 9.08. The smallest absolute Gasteiger partial charge is 0.822 e. The fourth-order valence-electron chi connectivity index (χ4n) is 0. The maximum absolute atomic E-state index is 8.55. The predicted octanol–water partition coefficient (Wildman–Crippen LogP) is -11.3. The molecule has 0 fully saturated rings. The van der Waals surface area contributed by atoms with Crippen LogP contribution < -0.4 is 58.7 Å². The molecule has 0 atom stereocenters. The fourth-order valence-corrected chi connectivity index (χ4v) is 0. The first-order valence-corrected chi connectivity index (χ1v) is 8.76. The second-order valence-corrected chi connectivity index (χ2v) is 5.37. The Morgan fingerprint density at radius 2 is 0.308 bits per heavy atom. The summed E-state index contributed by atoms with van der Waals surface area (Å²) in [4.78, 5) is 103. The Labute approximate surface area is 214 Å². The third-order valence-corrected chi connectivity index (χ3v) is 0. The molecule has 26 heteroatoms.